The first kappa shape index (κ1) is 14.9. The second-order valence-electron chi connectivity index (χ2n) is 4.24. The van der Waals surface area contributed by atoms with Crippen molar-refractivity contribution in [1.29, 1.82) is 0 Å². The van der Waals surface area contributed by atoms with Gasteiger partial charge in [-0.25, -0.2) is 8.78 Å². The summed E-state index contributed by atoms with van der Waals surface area (Å²) < 4.78 is 25.9. The first-order valence-corrected chi connectivity index (χ1v) is 6.58. The predicted octanol–water partition coefficient (Wildman–Crippen LogP) is 2.27. The van der Waals surface area contributed by atoms with Crippen molar-refractivity contribution < 1.29 is 18.4 Å². The largest absolute Gasteiger partial charge is 0.390 e. The fraction of sp³-hybridized carbons (Fsp3) is 0.0769. The zero-order valence-electron chi connectivity index (χ0n) is 10.9. The minimum absolute atomic E-state index is 0.0888. The number of benzene rings is 1. The quantitative estimate of drug-likeness (QED) is 0.811. The summed E-state index contributed by atoms with van der Waals surface area (Å²) in [5.74, 6) is -3.40. The fourth-order valence-corrected chi connectivity index (χ4v) is 2.80. The maximum absolute atomic E-state index is 13.1. The lowest BCUT2D eigenvalue weighted by atomic mass is 10.1. The van der Waals surface area contributed by atoms with Crippen molar-refractivity contribution in [2.75, 3.05) is 11.1 Å². The number of primary amides is 1. The summed E-state index contributed by atoms with van der Waals surface area (Å²) in [5, 5.41) is 2.54. The third-order valence-electron chi connectivity index (χ3n) is 2.80. The van der Waals surface area contributed by atoms with Crippen molar-refractivity contribution in [2.24, 2.45) is 5.73 Å². The Hall–Kier alpha value is -2.48. The van der Waals surface area contributed by atoms with Gasteiger partial charge >= 0.3 is 0 Å². The van der Waals surface area contributed by atoms with Crippen LogP contribution in [-0.4, -0.2) is 11.8 Å². The van der Waals surface area contributed by atoms with Crippen LogP contribution in [0.1, 0.15) is 25.6 Å². The molecule has 110 valence electrons. The van der Waals surface area contributed by atoms with Crippen molar-refractivity contribution in [3.63, 3.8) is 0 Å². The first-order chi connectivity index (χ1) is 9.81. The molecule has 0 aliphatic rings. The average molecular weight is 311 g/mol. The monoisotopic (exact) mass is 311 g/mol. The molecule has 1 aromatic carbocycles. The van der Waals surface area contributed by atoms with E-state index >= 15 is 0 Å². The Balaban J connectivity index is 2.31. The van der Waals surface area contributed by atoms with Crippen molar-refractivity contribution >= 4 is 33.8 Å². The number of nitrogen functional groups attached to an aromatic ring is 1. The van der Waals surface area contributed by atoms with Crippen molar-refractivity contribution in [1.82, 2.24) is 0 Å². The number of nitrogens with two attached hydrogens (primary N) is 2. The predicted molar refractivity (Wildman–Crippen MR) is 76.3 cm³/mol. The van der Waals surface area contributed by atoms with E-state index in [4.69, 9.17) is 11.5 Å². The number of rotatable bonds is 3. The average Bonchev–Trinajstić information content (AvgIpc) is 2.69. The van der Waals surface area contributed by atoms with E-state index < -0.39 is 23.4 Å². The maximum atomic E-state index is 13.1. The van der Waals surface area contributed by atoms with Crippen LogP contribution < -0.4 is 16.8 Å². The molecule has 0 unspecified atom stereocenters. The van der Waals surface area contributed by atoms with Gasteiger partial charge < -0.3 is 16.8 Å². The van der Waals surface area contributed by atoms with E-state index in [0.717, 1.165) is 23.5 Å². The number of amides is 2. The summed E-state index contributed by atoms with van der Waals surface area (Å²) in [5.41, 5.74) is 11.4. The molecule has 0 spiro atoms. The van der Waals surface area contributed by atoms with E-state index in [1.807, 2.05) is 0 Å². The summed E-state index contributed by atoms with van der Waals surface area (Å²) in [6.07, 6.45) is 0. The number of nitrogens with one attached hydrogen (secondary N) is 1. The number of hydrogen-bond acceptors (Lipinski definition) is 4. The van der Waals surface area contributed by atoms with Crippen molar-refractivity contribution in [2.45, 2.75) is 6.92 Å². The van der Waals surface area contributed by atoms with Gasteiger partial charge in [0.2, 0.25) is 0 Å². The zero-order chi connectivity index (χ0) is 15.7. The van der Waals surface area contributed by atoms with Crippen LogP contribution in [0.25, 0.3) is 0 Å². The highest BCUT2D eigenvalue weighted by molar-refractivity contribution is 7.18. The van der Waals surface area contributed by atoms with E-state index in [0.29, 0.717) is 5.56 Å². The normalized spacial score (nSPS) is 10.4. The Morgan fingerprint density at radius 3 is 2.43 bits per heavy atom. The van der Waals surface area contributed by atoms with Gasteiger partial charge in [-0.2, -0.15) is 0 Å². The number of thiophene rings is 1. The van der Waals surface area contributed by atoms with E-state index in [1.165, 1.54) is 13.0 Å². The van der Waals surface area contributed by atoms with Crippen LogP contribution in [0.4, 0.5) is 19.5 Å². The van der Waals surface area contributed by atoms with Gasteiger partial charge in [0.15, 0.2) is 11.6 Å². The number of halogens is 2. The zero-order valence-corrected chi connectivity index (χ0v) is 11.7. The molecular formula is C13H11F2N3O2S. The summed E-state index contributed by atoms with van der Waals surface area (Å²) >= 11 is 0.901. The van der Waals surface area contributed by atoms with Crippen LogP contribution in [0.3, 0.4) is 0 Å². The second-order valence-corrected chi connectivity index (χ2v) is 5.29. The van der Waals surface area contributed by atoms with Crippen LogP contribution in [-0.2, 0) is 0 Å². The molecular weight excluding hydrogens is 300 g/mol. The molecule has 0 saturated carbocycles. The Morgan fingerprint density at radius 2 is 1.90 bits per heavy atom. The molecule has 2 amide bonds. The Bertz CT molecular complexity index is 743. The van der Waals surface area contributed by atoms with E-state index in [-0.39, 0.29) is 21.1 Å². The van der Waals surface area contributed by atoms with Gasteiger partial charge in [0.25, 0.3) is 11.8 Å². The third kappa shape index (κ3) is 2.84. The number of hydrogen-bond donors (Lipinski definition) is 3. The molecule has 1 aromatic heterocycles. The smallest absolute Gasteiger partial charge is 0.266 e. The van der Waals surface area contributed by atoms with Gasteiger partial charge in [-0.3, -0.25) is 9.59 Å². The fourth-order valence-electron chi connectivity index (χ4n) is 1.82. The molecule has 0 aliphatic carbocycles. The lowest BCUT2D eigenvalue weighted by molar-refractivity contribution is 0.100. The van der Waals surface area contributed by atoms with Gasteiger partial charge in [0.1, 0.15) is 0 Å². The molecule has 0 atom stereocenters. The Morgan fingerprint density at radius 1 is 1.24 bits per heavy atom. The topological polar surface area (TPSA) is 98.2 Å². The molecule has 0 radical (unpaired) electrons. The molecule has 1 heterocycles. The number of carbonyl (C=O) groups excluding carboxylic acids is 2. The minimum atomic E-state index is -1.08. The maximum Gasteiger partial charge on any atom is 0.266 e. The van der Waals surface area contributed by atoms with Gasteiger partial charge in [-0.05, 0) is 24.6 Å². The SMILES string of the molecule is Cc1c(C(=O)Nc2ccc(F)c(F)c2)sc(N)c1C(N)=O. The van der Waals surface area contributed by atoms with Crippen LogP contribution in [0.5, 0.6) is 0 Å². The minimum Gasteiger partial charge on any atom is -0.390 e. The summed E-state index contributed by atoms with van der Waals surface area (Å²) in [6.45, 7) is 1.53. The standard InChI is InChI=1S/C13H11F2N3O2S/c1-5-9(11(16)19)12(17)21-10(5)13(20)18-6-2-3-7(14)8(15)4-6/h2-4H,17H2,1H3,(H2,16,19)(H,18,20). The summed E-state index contributed by atoms with van der Waals surface area (Å²) in [4.78, 5) is 23.5. The van der Waals surface area contributed by atoms with Crippen LogP contribution >= 0.6 is 11.3 Å². The van der Waals surface area contributed by atoms with Crippen LogP contribution in [0.2, 0.25) is 0 Å². The van der Waals surface area contributed by atoms with Crippen LogP contribution in [0, 0.1) is 18.6 Å². The van der Waals surface area contributed by atoms with Gasteiger partial charge in [0, 0.05) is 11.8 Å². The molecule has 8 heteroatoms. The Labute approximate surface area is 122 Å². The molecule has 0 aliphatic heterocycles. The van der Waals surface area contributed by atoms with Gasteiger partial charge in [-0.1, -0.05) is 0 Å². The lowest BCUT2D eigenvalue weighted by Crippen LogP contribution is -2.15. The van der Waals surface area contributed by atoms with Crippen molar-refractivity contribution in [3.8, 4) is 0 Å². The molecule has 5 nitrogen and oxygen atoms in total. The second kappa shape index (κ2) is 5.49. The lowest BCUT2D eigenvalue weighted by Gasteiger charge is -2.05. The van der Waals surface area contributed by atoms with E-state index in [9.17, 15) is 18.4 Å². The van der Waals surface area contributed by atoms with Gasteiger partial charge in [0.05, 0.1) is 15.4 Å². The molecule has 0 bridgehead atoms. The first-order valence-electron chi connectivity index (χ1n) is 5.76. The molecule has 0 saturated heterocycles. The molecule has 0 fully saturated rings. The molecule has 2 aromatic rings. The summed E-state index contributed by atoms with van der Waals surface area (Å²) in [6, 6.07) is 2.97. The summed E-state index contributed by atoms with van der Waals surface area (Å²) in [7, 11) is 0. The highest BCUT2D eigenvalue weighted by Gasteiger charge is 2.22. The highest BCUT2D eigenvalue weighted by Crippen LogP contribution is 2.30. The highest BCUT2D eigenvalue weighted by atomic mass is 32.1. The number of anilines is 2. The number of carbonyl (C=O) groups is 2. The Kier molecular flexibility index (Phi) is 3.90. The van der Waals surface area contributed by atoms with Crippen LogP contribution in [0.15, 0.2) is 18.2 Å². The molecule has 2 rings (SSSR count). The van der Waals surface area contributed by atoms with Gasteiger partial charge in [-0.15, -0.1) is 11.3 Å². The van der Waals surface area contributed by atoms with Crippen molar-refractivity contribution in [3.05, 3.63) is 45.8 Å². The van der Waals surface area contributed by atoms with E-state index in [2.05, 4.69) is 5.32 Å². The van der Waals surface area contributed by atoms with E-state index in [1.54, 1.807) is 0 Å². The molecule has 5 N–H and O–H groups in total. The molecule has 21 heavy (non-hydrogen) atoms. The third-order valence-corrected chi connectivity index (χ3v) is 3.92.